The first kappa shape index (κ1) is 16.7. The highest BCUT2D eigenvalue weighted by atomic mass is 16.1. The average Bonchev–Trinajstić information content (AvgIpc) is 3.06. The molecule has 0 heterocycles. The second kappa shape index (κ2) is 5.09. The van der Waals surface area contributed by atoms with Gasteiger partial charge in [0, 0.05) is 18.3 Å². The fourth-order valence-electron chi connectivity index (χ4n) is 7.28. The Morgan fingerprint density at radius 3 is 2.65 bits per heavy atom. The van der Waals surface area contributed by atoms with E-state index >= 15 is 0 Å². The van der Waals surface area contributed by atoms with Gasteiger partial charge in [-0.3, -0.25) is 9.59 Å². The van der Waals surface area contributed by atoms with Crippen molar-refractivity contribution in [1.82, 2.24) is 0 Å². The largest absolute Gasteiger partial charge is 0.299 e. The van der Waals surface area contributed by atoms with Crippen LogP contribution in [-0.2, 0) is 9.59 Å². The normalized spacial score (nSPS) is 44.2. The number of rotatable bonds is 1. The lowest BCUT2D eigenvalue weighted by Gasteiger charge is -2.52. The Labute approximate surface area is 156 Å². The summed E-state index contributed by atoms with van der Waals surface area (Å²) in [4.78, 5) is 25.3. The molecule has 0 radical (unpaired) electrons. The molecule has 0 saturated heterocycles. The number of carbonyl (C=O) groups excluding carboxylic acids is 2. The van der Waals surface area contributed by atoms with Gasteiger partial charge in [0.2, 0.25) is 0 Å². The molecule has 138 valence electrons. The fourth-order valence-corrected chi connectivity index (χ4v) is 7.28. The maximum absolute atomic E-state index is 13.2. The second-order valence-electron chi connectivity index (χ2n) is 9.88. The number of hydrogen-bond donors (Lipinski definition) is 0. The van der Waals surface area contributed by atoms with Gasteiger partial charge in [0.05, 0.1) is 5.41 Å². The molecule has 1 saturated carbocycles. The van der Waals surface area contributed by atoms with E-state index in [9.17, 15) is 9.59 Å². The van der Waals surface area contributed by atoms with E-state index in [2.05, 4.69) is 26.8 Å². The van der Waals surface area contributed by atoms with Crippen LogP contribution < -0.4 is 0 Å². The summed E-state index contributed by atoms with van der Waals surface area (Å²) in [6, 6.07) is 0. The third-order valence-electron chi connectivity index (χ3n) is 8.94. The molecular formula is C24H30O2. The summed E-state index contributed by atoms with van der Waals surface area (Å²) in [5.74, 6) is 1.30. The lowest BCUT2D eigenvalue weighted by molar-refractivity contribution is -0.127. The van der Waals surface area contributed by atoms with Crippen LogP contribution in [0.5, 0.6) is 0 Å². The van der Waals surface area contributed by atoms with E-state index in [4.69, 9.17) is 0 Å². The van der Waals surface area contributed by atoms with Crippen LogP contribution in [0.15, 0.2) is 34.4 Å². The molecule has 4 atom stereocenters. The summed E-state index contributed by atoms with van der Waals surface area (Å²) in [5, 5.41) is 0. The summed E-state index contributed by atoms with van der Waals surface area (Å²) in [7, 11) is 0. The lowest BCUT2D eigenvalue weighted by Crippen LogP contribution is -2.45. The highest BCUT2D eigenvalue weighted by Gasteiger charge is 2.64. The first-order chi connectivity index (χ1) is 12.4. The minimum atomic E-state index is -0.193. The van der Waals surface area contributed by atoms with Crippen LogP contribution in [-0.4, -0.2) is 11.6 Å². The number of carbonyl (C=O) groups is 2. The van der Waals surface area contributed by atoms with E-state index < -0.39 is 0 Å². The van der Waals surface area contributed by atoms with Crippen LogP contribution in [0.25, 0.3) is 0 Å². The number of Topliss-reactive ketones (excluding diaryl/α,β-unsaturated/α-hetero) is 1. The smallest absolute Gasteiger partial charge is 0.155 e. The zero-order chi connectivity index (χ0) is 18.3. The van der Waals surface area contributed by atoms with Crippen LogP contribution in [0.3, 0.4) is 0 Å². The van der Waals surface area contributed by atoms with Gasteiger partial charge >= 0.3 is 0 Å². The summed E-state index contributed by atoms with van der Waals surface area (Å²) in [6.45, 7) is 7.01. The van der Waals surface area contributed by atoms with Gasteiger partial charge in [-0.15, -0.1) is 0 Å². The minimum absolute atomic E-state index is 0.0536. The Bertz CT molecular complexity index is 825. The molecule has 0 aromatic heterocycles. The summed E-state index contributed by atoms with van der Waals surface area (Å²) in [6.07, 6.45) is 13.1. The minimum Gasteiger partial charge on any atom is -0.299 e. The SMILES string of the molecule is CC[C@@H]1CC2=CC(=O)CCC2(C)C2=C1C1=CC[C@@]3(C)CCC(=O)C13CC2. The Morgan fingerprint density at radius 1 is 1.08 bits per heavy atom. The van der Waals surface area contributed by atoms with E-state index in [1.165, 1.54) is 11.1 Å². The van der Waals surface area contributed by atoms with Gasteiger partial charge in [-0.25, -0.2) is 0 Å². The third kappa shape index (κ3) is 1.74. The van der Waals surface area contributed by atoms with Crippen molar-refractivity contribution in [3.05, 3.63) is 34.4 Å². The number of fused-ring (bicyclic) bond motifs is 3. The molecule has 0 bridgehead atoms. The molecule has 26 heavy (non-hydrogen) atoms. The quantitative estimate of drug-likeness (QED) is 0.627. The monoisotopic (exact) mass is 350 g/mol. The predicted molar refractivity (Wildman–Crippen MR) is 103 cm³/mol. The molecule has 2 heteroatoms. The molecule has 0 aromatic rings. The van der Waals surface area contributed by atoms with Gasteiger partial charge in [-0.2, -0.15) is 0 Å². The molecule has 5 aliphatic carbocycles. The van der Waals surface area contributed by atoms with Crippen molar-refractivity contribution in [2.24, 2.45) is 22.2 Å². The van der Waals surface area contributed by atoms with Crippen molar-refractivity contribution in [2.75, 3.05) is 0 Å². The lowest BCUT2D eigenvalue weighted by atomic mass is 9.50. The molecule has 2 nitrogen and oxygen atoms in total. The number of allylic oxidation sites excluding steroid dienone is 6. The van der Waals surface area contributed by atoms with E-state index in [-0.39, 0.29) is 16.2 Å². The van der Waals surface area contributed by atoms with Crippen molar-refractivity contribution in [3.63, 3.8) is 0 Å². The molecule has 5 aliphatic rings. The number of ketones is 2. The van der Waals surface area contributed by atoms with Gasteiger partial charge < -0.3 is 0 Å². The molecular weight excluding hydrogens is 320 g/mol. The van der Waals surface area contributed by atoms with Crippen molar-refractivity contribution in [3.8, 4) is 0 Å². The molecule has 5 rings (SSSR count). The first-order valence-corrected chi connectivity index (χ1v) is 10.6. The van der Waals surface area contributed by atoms with Crippen LogP contribution in [0.2, 0.25) is 0 Å². The molecule has 0 aromatic carbocycles. The average molecular weight is 351 g/mol. The molecule has 1 fully saturated rings. The summed E-state index contributed by atoms with van der Waals surface area (Å²) in [5.41, 5.74) is 5.93. The van der Waals surface area contributed by atoms with Crippen LogP contribution in [0, 0.1) is 22.2 Å². The van der Waals surface area contributed by atoms with Crippen LogP contribution in [0.4, 0.5) is 0 Å². The standard InChI is InChI=1S/C24H30O2/c1-4-15-13-16-14-17(25)5-11-23(16,3)18-7-12-24-19(21(15)18)6-9-22(24,2)10-8-20(24)26/h6,14-15H,4-5,7-13H2,1-3H3/t15-,22+,23?,24?/m1/s1. The van der Waals surface area contributed by atoms with Crippen molar-refractivity contribution in [1.29, 1.82) is 0 Å². The molecule has 0 N–H and O–H groups in total. The Kier molecular flexibility index (Phi) is 3.27. The van der Waals surface area contributed by atoms with Gasteiger partial charge in [-0.05, 0) is 73.5 Å². The van der Waals surface area contributed by atoms with Crippen molar-refractivity contribution < 1.29 is 9.59 Å². The Hall–Kier alpha value is -1.44. The third-order valence-corrected chi connectivity index (χ3v) is 8.94. The van der Waals surface area contributed by atoms with E-state index in [1.807, 2.05) is 6.08 Å². The molecule has 2 unspecified atom stereocenters. The highest BCUT2D eigenvalue weighted by Crippen LogP contribution is 2.70. The van der Waals surface area contributed by atoms with Crippen molar-refractivity contribution in [2.45, 2.75) is 78.6 Å². The van der Waals surface area contributed by atoms with Gasteiger partial charge in [-0.1, -0.05) is 38.0 Å². The zero-order valence-corrected chi connectivity index (χ0v) is 16.4. The zero-order valence-electron chi connectivity index (χ0n) is 16.4. The highest BCUT2D eigenvalue weighted by molar-refractivity contribution is 5.95. The molecule has 1 spiro atoms. The maximum atomic E-state index is 13.2. The van der Waals surface area contributed by atoms with Gasteiger partial charge in [0.1, 0.15) is 5.78 Å². The Balaban J connectivity index is 1.72. The molecule has 0 aliphatic heterocycles. The fraction of sp³-hybridized carbons (Fsp3) is 0.667. The van der Waals surface area contributed by atoms with Crippen LogP contribution >= 0.6 is 0 Å². The van der Waals surface area contributed by atoms with E-state index in [1.54, 1.807) is 11.1 Å². The van der Waals surface area contributed by atoms with Crippen molar-refractivity contribution >= 4 is 11.6 Å². The first-order valence-electron chi connectivity index (χ1n) is 10.6. The van der Waals surface area contributed by atoms with Crippen LogP contribution in [0.1, 0.15) is 78.6 Å². The Morgan fingerprint density at radius 2 is 1.88 bits per heavy atom. The van der Waals surface area contributed by atoms with E-state index in [0.29, 0.717) is 23.9 Å². The number of hydrogen-bond acceptors (Lipinski definition) is 2. The summed E-state index contributed by atoms with van der Waals surface area (Å²) >= 11 is 0. The second-order valence-corrected chi connectivity index (χ2v) is 9.88. The van der Waals surface area contributed by atoms with E-state index in [0.717, 1.165) is 51.4 Å². The summed E-state index contributed by atoms with van der Waals surface area (Å²) < 4.78 is 0. The predicted octanol–water partition coefficient (Wildman–Crippen LogP) is 5.49. The topological polar surface area (TPSA) is 34.1 Å². The molecule has 0 amide bonds. The van der Waals surface area contributed by atoms with Gasteiger partial charge in [0.15, 0.2) is 5.78 Å². The maximum Gasteiger partial charge on any atom is 0.155 e. The van der Waals surface area contributed by atoms with Gasteiger partial charge in [0.25, 0.3) is 0 Å².